The van der Waals surface area contributed by atoms with Crippen molar-refractivity contribution in [3.63, 3.8) is 0 Å². The zero-order chi connectivity index (χ0) is 19.1. The highest BCUT2D eigenvalue weighted by molar-refractivity contribution is 6.30. The van der Waals surface area contributed by atoms with Crippen LogP contribution in [-0.2, 0) is 9.53 Å². The third-order valence-electron chi connectivity index (χ3n) is 3.55. The van der Waals surface area contributed by atoms with Crippen molar-refractivity contribution in [3.05, 3.63) is 71.0 Å². The van der Waals surface area contributed by atoms with Gasteiger partial charge in [-0.15, -0.1) is 5.10 Å². The van der Waals surface area contributed by atoms with Gasteiger partial charge in [0.2, 0.25) is 0 Å². The Morgan fingerprint density at radius 1 is 1.15 bits per heavy atom. The van der Waals surface area contributed by atoms with Gasteiger partial charge in [0.05, 0.1) is 0 Å². The summed E-state index contributed by atoms with van der Waals surface area (Å²) in [6.45, 7) is 1.96. The molecule has 138 valence electrons. The molecule has 0 N–H and O–H groups in total. The maximum Gasteiger partial charge on any atom is 0.357 e. The van der Waals surface area contributed by atoms with Crippen LogP contribution < -0.4 is 4.74 Å². The maximum atomic E-state index is 12.6. The van der Waals surface area contributed by atoms with Crippen LogP contribution in [0.5, 0.6) is 5.75 Å². The molecule has 7 nitrogen and oxygen atoms in total. The average molecular weight is 385 g/mol. The van der Waals surface area contributed by atoms with Crippen LogP contribution in [0.15, 0.2) is 54.6 Å². The molecule has 0 bridgehead atoms. The molecule has 0 saturated heterocycles. The van der Waals surface area contributed by atoms with E-state index >= 15 is 0 Å². The van der Waals surface area contributed by atoms with Crippen molar-refractivity contribution in [1.29, 1.82) is 0 Å². The van der Waals surface area contributed by atoms with Crippen molar-refractivity contribution in [3.8, 4) is 5.75 Å². The Balaban J connectivity index is 1.67. The van der Waals surface area contributed by atoms with Crippen LogP contribution in [0.4, 0.5) is 0 Å². The van der Waals surface area contributed by atoms with E-state index in [9.17, 15) is 4.79 Å². The summed E-state index contributed by atoms with van der Waals surface area (Å²) in [5, 5.41) is 11.8. The standard InChI is InChI=1S/C19H17ClN4O3/c1-14-21-22-23-24(14)18(12-15-6-3-2-4-7-15)19(25)27-11-10-26-17-9-5-8-16(20)13-17/h2-9,12-13H,10-11H2,1H3/b18-12-. The van der Waals surface area contributed by atoms with Crippen molar-refractivity contribution in [2.75, 3.05) is 13.2 Å². The van der Waals surface area contributed by atoms with Crippen LogP contribution in [0, 0.1) is 6.92 Å². The van der Waals surface area contributed by atoms with Crippen LogP contribution in [0.1, 0.15) is 11.4 Å². The average Bonchev–Trinajstić information content (AvgIpc) is 3.10. The first kappa shape index (κ1) is 18.6. The molecule has 27 heavy (non-hydrogen) atoms. The zero-order valence-corrected chi connectivity index (χ0v) is 15.3. The number of halogens is 1. The van der Waals surface area contributed by atoms with Gasteiger partial charge < -0.3 is 9.47 Å². The van der Waals surface area contributed by atoms with E-state index in [0.717, 1.165) is 5.56 Å². The number of nitrogens with zero attached hydrogens (tertiary/aromatic N) is 4. The molecule has 1 heterocycles. The van der Waals surface area contributed by atoms with E-state index in [-0.39, 0.29) is 18.9 Å². The van der Waals surface area contributed by atoms with E-state index in [2.05, 4.69) is 15.5 Å². The Labute approximate surface area is 161 Å². The summed E-state index contributed by atoms with van der Waals surface area (Å²) in [4.78, 5) is 12.6. The first-order chi connectivity index (χ1) is 13.1. The van der Waals surface area contributed by atoms with Crippen molar-refractivity contribution in [2.45, 2.75) is 6.92 Å². The fraction of sp³-hybridized carbons (Fsp3) is 0.158. The Morgan fingerprint density at radius 2 is 1.96 bits per heavy atom. The lowest BCUT2D eigenvalue weighted by molar-refractivity contribution is -0.137. The number of hydrogen-bond acceptors (Lipinski definition) is 6. The minimum absolute atomic E-state index is 0.0681. The van der Waals surface area contributed by atoms with Gasteiger partial charge in [0.15, 0.2) is 11.5 Å². The minimum atomic E-state index is -0.552. The Kier molecular flexibility index (Phi) is 6.17. The van der Waals surface area contributed by atoms with Gasteiger partial charge in [0, 0.05) is 5.02 Å². The predicted molar refractivity (Wildman–Crippen MR) is 101 cm³/mol. The molecule has 2 aromatic carbocycles. The molecule has 0 fully saturated rings. The predicted octanol–water partition coefficient (Wildman–Crippen LogP) is 3.26. The molecule has 0 unspecified atom stereocenters. The van der Waals surface area contributed by atoms with E-state index in [4.69, 9.17) is 21.1 Å². The molecule has 0 saturated carbocycles. The molecule has 0 atom stereocenters. The molecule has 0 radical (unpaired) electrons. The first-order valence-electron chi connectivity index (χ1n) is 8.21. The van der Waals surface area contributed by atoms with E-state index in [1.165, 1.54) is 4.68 Å². The second-order valence-corrected chi connectivity index (χ2v) is 5.96. The van der Waals surface area contributed by atoms with Crippen molar-refractivity contribution in [2.24, 2.45) is 0 Å². The molecule has 0 spiro atoms. The molecule has 0 aliphatic rings. The molecule has 3 rings (SSSR count). The summed E-state index contributed by atoms with van der Waals surface area (Å²) in [7, 11) is 0. The van der Waals surface area contributed by atoms with Gasteiger partial charge in [-0.3, -0.25) is 0 Å². The highest BCUT2D eigenvalue weighted by Gasteiger charge is 2.17. The largest absolute Gasteiger partial charge is 0.490 e. The number of rotatable bonds is 7. The van der Waals surface area contributed by atoms with E-state index in [1.807, 2.05) is 30.3 Å². The smallest absolute Gasteiger partial charge is 0.357 e. The second kappa shape index (κ2) is 8.95. The Bertz CT molecular complexity index is 941. The van der Waals surface area contributed by atoms with Crippen LogP contribution in [0.2, 0.25) is 5.02 Å². The lowest BCUT2D eigenvalue weighted by Gasteiger charge is -2.10. The fourth-order valence-electron chi connectivity index (χ4n) is 2.29. The number of carbonyl (C=O) groups excluding carboxylic acids is 1. The third-order valence-corrected chi connectivity index (χ3v) is 3.78. The summed E-state index contributed by atoms with van der Waals surface area (Å²) in [5.41, 5.74) is 1.04. The molecular weight excluding hydrogens is 368 g/mol. The van der Waals surface area contributed by atoms with Crippen LogP contribution >= 0.6 is 11.6 Å². The van der Waals surface area contributed by atoms with Gasteiger partial charge in [-0.25, -0.2) is 4.79 Å². The van der Waals surface area contributed by atoms with Crippen LogP contribution in [0.25, 0.3) is 11.8 Å². The highest BCUT2D eigenvalue weighted by Crippen LogP contribution is 2.17. The van der Waals surface area contributed by atoms with Crippen molar-refractivity contribution >= 4 is 29.3 Å². The van der Waals surface area contributed by atoms with Gasteiger partial charge in [0.25, 0.3) is 0 Å². The number of esters is 1. The molecule has 0 aliphatic heterocycles. The quantitative estimate of drug-likeness (QED) is 0.353. The normalized spacial score (nSPS) is 11.3. The number of aromatic nitrogens is 4. The number of tetrazole rings is 1. The van der Waals surface area contributed by atoms with E-state index in [0.29, 0.717) is 16.6 Å². The lowest BCUT2D eigenvalue weighted by atomic mass is 10.2. The maximum absolute atomic E-state index is 12.6. The monoisotopic (exact) mass is 384 g/mol. The van der Waals surface area contributed by atoms with Crippen molar-refractivity contribution < 1.29 is 14.3 Å². The topological polar surface area (TPSA) is 79.1 Å². The summed E-state index contributed by atoms with van der Waals surface area (Å²) < 4.78 is 12.2. The first-order valence-corrected chi connectivity index (χ1v) is 8.59. The van der Waals surface area contributed by atoms with E-state index in [1.54, 1.807) is 37.3 Å². The Hall–Kier alpha value is -3.19. The summed E-state index contributed by atoms with van der Waals surface area (Å²) >= 11 is 5.90. The second-order valence-electron chi connectivity index (χ2n) is 5.52. The Morgan fingerprint density at radius 3 is 2.67 bits per heavy atom. The zero-order valence-electron chi connectivity index (χ0n) is 14.6. The van der Waals surface area contributed by atoms with Crippen LogP contribution in [-0.4, -0.2) is 39.4 Å². The molecule has 0 aliphatic carbocycles. The summed E-state index contributed by atoms with van der Waals surface area (Å²) in [6, 6.07) is 16.4. The molecule has 8 heteroatoms. The summed E-state index contributed by atoms with van der Waals surface area (Å²) in [5.74, 6) is 0.531. The molecule has 0 amide bonds. The fourth-order valence-corrected chi connectivity index (χ4v) is 2.47. The minimum Gasteiger partial charge on any atom is -0.490 e. The number of hydrogen-bond donors (Lipinski definition) is 0. The van der Waals surface area contributed by atoms with Crippen LogP contribution in [0.3, 0.4) is 0 Å². The SMILES string of the molecule is Cc1nnnn1/C(=C\c1ccccc1)C(=O)OCCOc1cccc(Cl)c1. The van der Waals surface area contributed by atoms with Gasteiger partial charge in [-0.2, -0.15) is 4.68 Å². The molecule has 1 aromatic heterocycles. The van der Waals surface area contributed by atoms with Gasteiger partial charge in [0.1, 0.15) is 19.0 Å². The number of ether oxygens (including phenoxy) is 2. The number of carbonyl (C=O) groups is 1. The number of benzene rings is 2. The summed E-state index contributed by atoms with van der Waals surface area (Å²) in [6.07, 6.45) is 1.67. The van der Waals surface area contributed by atoms with Crippen molar-refractivity contribution in [1.82, 2.24) is 20.2 Å². The number of aryl methyl sites for hydroxylation is 1. The van der Waals surface area contributed by atoms with E-state index < -0.39 is 5.97 Å². The molecule has 3 aromatic rings. The van der Waals surface area contributed by atoms with Gasteiger partial charge >= 0.3 is 5.97 Å². The lowest BCUT2D eigenvalue weighted by Crippen LogP contribution is -2.18. The highest BCUT2D eigenvalue weighted by atomic mass is 35.5. The molecular formula is C19H17ClN4O3. The third kappa shape index (κ3) is 5.15. The van der Waals surface area contributed by atoms with Gasteiger partial charge in [-0.1, -0.05) is 48.0 Å². The van der Waals surface area contributed by atoms with Gasteiger partial charge in [-0.05, 0) is 47.2 Å².